The normalized spacial score (nSPS) is 10.0. The number of hydrogen-bond acceptors (Lipinski definition) is 2. The van der Waals surface area contributed by atoms with Gasteiger partial charge in [0.25, 0.3) is 0 Å². The molecule has 13 heavy (non-hydrogen) atoms. The Kier molecular flexibility index (Phi) is 4.26. The fourth-order valence-electron chi connectivity index (χ4n) is 1.05. The first-order chi connectivity index (χ1) is 6.38. The van der Waals surface area contributed by atoms with Gasteiger partial charge >= 0.3 is 0 Å². The maximum Gasteiger partial charge on any atom is 0.123 e. The second kappa shape index (κ2) is 5.54. The van der Waals surface area contributed by atoms with Gasteiger partial charge in [-0.25, -0.2) is 0 Å². The Balaban J connectivity index is 2.54. The summed E-state index contributed by atoms with van der Waals surface area (Å²) in [6, 6.07) is 7.54. The average Bonchev–Trinajstić information content (AvgIpc) is 2.19. The molecule has 1 rings (SSSR count). The van der Waals surface area contributed by atoms with Crippen LogP contribution < -0.4 is 10.5 Å². The summed E-state index contributed by atoms with van der Waals surface area (Å²) in [5, 5.41) is 0. The van der Waals surface area contributed by atoms with E-state index in [-0.39, 0.29) is 6.67 Å². The van der Waals surface area contributed by atoms with E-state index in [9.17, 15) is 4.39 Å². The Hall–Kier alpha value is -1.09. The van der Waals surface area contributed by atoms with Crippen LogP contribution in [0.5, 0.6) is 5.75 Å². The predicted octanol–water partition coefficient (Wildman–Crippen LogP) is 1.88. The smallest absolute Gasteiger partial charge is 0.123 e. The Labute approximate surface area is 77.5 Å². The van der Waals surface area contributed by atoms with Crippen molar-refractivity contribution < 1.29 is 9.13 Å². The van der Waals surface area contributed by atoms with Gasteiger partial charge in [-0.05, 0) is 6.07 Å². The number of benzene rings is 1. The fraction of sp³-hybridized carbons (Fsp3) is 0.400. The van der Waals surface area contributed by atoms with Crippen molar-refractivity contribution in [3.05, 3.63) is 29.8 Å². The van der Waals surface area contributed by atoms with Crippen LogP contribution in [-0.4, -0.2) is 13.3 Å². The minimum atomic E-state index is -0.342. The molecule has 2 N–H and O–H groups in total. The number of nitrogens with two attached hydrogens (primary N) is 1. The molecule has 0 heterocycles. The molecule has 0 aromatic heterocycles. The molecular weight excluding hydrogens is 169 g/mol. The van der Waals surface area contributed by atoms with Gasteiger partial charge in [0, 0.05) is 18.5 Å². The van der Waals surface area contributed by atoms with Crippen LogP contribution in [0.25, 0.3) is 0 Å². The van der Waals surface area contributed by atoms with E-state index in [1.165, 1.54) is 0 Å². The van der Waals surface area contributed by atoms with Gasteiger partial charge in [0.15, 0.2) is 0 Å². The van der Waals surface area contributed by atoms with Gasteiger partial charge in [-0.15, -0.1) is 0 Å². The number of alkyl halides is 1. The third-order valence-electron chi connectivity index (χ3n) is 1.73. The predicted molar refractivity (Wildman–Crippen MR) is 50.4 cm³/mol. The van der Waals surface area contributed by atoms with Gasteiger partial charge < -0.3 is 10.5 Å². The summed E-state index contributed by atoms with van der Waals surface area (Å²) in [5.74, 6) is 0.762. The Morgan fingerprint density at radius 3 is 2.77 bits per heavy atom. The van der Waals surface area contributed by atoms with Crippen molar-refractivity contribution in [2.75, 3.05) is 13.3 Å². The fourth-order valence-corrected chi connectivity index (χ4v) is 1.05. The molecule has 0 spiro atoms. The van der Waals surface area contributed by atoms with E-state index < -0.39 is 0 Å². The summed E-state index contributed by atoms with van der Waals surface area (Å²) in [5.41, 5.74) is 6.46. The summed E-state index contributed by atoms with van der Waals surface area (Å²) in [4.78, 5) is 0. The van der Waals surface area contributed by atoms with Crippen molar-refractivity contribution in [1.82, 2.24) is 0 Å². The van der Waals surface area contributed by atoms with Crippen molar-refractivity contribution in [2.24, 2.45) is 5.73 Å². The lowest BCUT2D eigenvalue weighted by Gasteiger charge is -2.08. The van der Waals surface area contributed by atoms with E-state index in [4.69, 9.17) is 10.5 Å². The highest BCUT2D eigenvalue weighted by Gasteiger charge is 1.99. The van der Waals surface area contributed by atoms with Crippen molar-refractivity contribution in [3.8, 4) is 5.75 Å². The van der Waals surface area contributed by atoms with Crippen molar-refractivity contribution in [1.29, 1.82) is 0 Å². The SMILES string of the molecule is NCc1ccccc1OCCCF. The third kappa shape index (κ3) is 3.03. The highest BCUT2D eigenvalue weighted by molar-refractivity contribution is 5.32. The van der Waals surface area contributed by atoms with Crippen LogP contribution in [0, 0.1) is 0 Å². The zero-order valence-corrected chi connectivity index (χ0v) is 7.50. The molecular formula is C10H14FNO. The molecule has 72 valence electrons. The van der Waals surface area contributed by atoms with E-state index >= 15 is 0 Å². The largest absolute Gasteiger partial charge is 0.493 e. The molecule has 0 amide bonds. The Morgan fingerprint density at radius 1 is 1.31 bits per heavy atom. The van der Waals surface area contributed by atoms with Gasteiger partial charge in [0.2, 0.25) is 0 Å². The summed E-state index contributed by atoms with van der Waals surface area (Å²) >= 11 is 0. The van der Waals surface area contributed by atoms with Crippen molar-refractivity contribution >= 4 is 0 Å². The Bertz CT molecular complexity index is 252. The summed E-state index contributed by atoms with van der Waals surface area (Å²) < 4.78 is 17.1. The van der Waals surface area contributed by atoms with Gasteiger partial charge in [-0.2, -0.15) is 0 Å². The highest BCUT2D eigenvalue weighted by atomic mass is 19.1. The van der Waals surface area contributed by atoms with Crippen LogP contribution in [0.2, 0.25) is 0 Å². The number of hydrogen-bond donors (Lipinski definition) is 1. The summed E-state index contributed by atoms with van der Waals surface area (Å²) in [6.45, 7) is 0.518. The second-order valence-corrected chi connectivity index (χ2v) is 2.70. The van der Waals surface area contributed by atoms with E-state index in [2.05, 4.69) is 0 Å². The van der Waals surface area contributed by atoms with Gasteiger partial charge in [-0.1, -0.05) is 18.2 Å². The third-order valence-corrected chi connectivity index (χ3v) is 1.73. The molecule has 0 bridgehead atoms. The number of ether oxygens (including phenoxy) is 1. The van der Waals surface area contributed by atoms with Crippen molar-refractivity contribution in [2.45, 2.75) is 13.0 Å². The first kappa shape index (κ1) is 9.99. The molecule has 2 nitrogen and oxygen atoms in total. The number of halogens is 1. The van der Waals surface area contributed by atoms with Gasteiger partial charge in [-0.3, -0.25) is 4.39 Å². The van der Waals surface area contributed by atoms with Crippen LogP contribution in [0.3, 0.4) is 0 Å². The van der Waals surface area contributed by atoms with Crippen LogP contribution in [-0.2, 0) is 6.54 Å². The topological polar surface area (TPSA) is 35.2 Å². The monoisotopic (exact) mass is 183 g/mol. The standard InChI is InChI=1S/C10H14FNO/c11-6-3-7-13-10-5-2-1-4-9(10)8-12/h1-2,4-5H,3,6-8,12H2. The molecule has 1 aromatic carbocycles. The second-order valence-electron chi connectivity index (χ2n) is 2.70. The zero-order chi connectivity index (χ0) is 9.52. The minimum absolute atomic E-state index is 0.342. The zero-order valence-electron chi connectivity index (χ0n) is 7.50. The highest BCUT2D eigenvalue weighted by Crippen LogP contribution is 2.16. The quantitative estimate of drug-likeness (QED) is 0.707. The average molecular weight is 183 g/mol. The first-order valence-corrected chi connectivity index (χ1v) is 4.35. The minimum Gasteiger partial charge on any atom is -0.493 e. The molecule has 0 unspecified atom stereocenters. The molecule has 0 aliphatic carbocycles. The molecule has 0 atom stereocenters. The van der Waals surface area contributed by atoms with Crippen LogP contribution in [0.15, 0.2) is 24.3 Å². The molecule has 3 heteroatoms. The lowest BCUT2D eigenvalue weighted by Crippen LogP contribution is -2.03. The summed E-state index contributed by atoms with van der Waals surface area (Å²) in [6.07, 6.45) is 0.429. The van der Waals surface area contributed by atoms with Gasteiger partial charge in [0.05, 0.1) is 13.3 Å². The van der Waals surface area contributed by atoms with Crippen LogP contribution in [0.4, 0.5) is 4.39 Å². The van der Waals surface area contributed by atoms with Gasteiger partial charge in [0.1, 0.15) is 5.75 Å². The molecule has 0 fully saturated rings. The van der Waals surface area contributed by atoms with E-state index in [1.807, 2.05) is 24.3 Å². The van der Waals surface area contributed by atoms with E-state index in [0.717, 1.165) is 11.3 Å². The molecule has 0 saturated carbocycles. The maximum atomic E-state index is 11.8. The van der Waals surface area contributed by atoms with E-state index in [1.54, 1.807) is 0 Å². The number of rotatable bonds is 5. The molecule has 1 aromatic rings. The maximum absolute atomic E-state index is 11.8. The first-order valence-electron chi connectivity index (χ1n) is 4.35. The number of para-hydroxylation sites is 1. The lowest BCUT2D eigenvalue weighted by atomic mass is 10.2. The molecule has 0 aliphatic rings. The summed E-state index contributed by atoms with van der Waals surface area (Å²) in [7, 11) is 0. The molecule has 0 radical (unpaired) electrons. The molecule has 0 saturated heterocycles. The van der Waals surface area contributed by atoms with E-state index in [0.29, 0.717) is 19.6 Å². The Morgan fingerprint density at radius 2 is 2.08 bits per heavy atom. The molecule has 0 aliphatic heterocycles. The van der Waals surface area contributed by atoms with Crippen LogP contribution >= 0.6 is 0 Å². The van der Waals surface area contributed by atoms with Crippen LogP contribution in [0.1, 0.15) is 12.0 Å². The lowest BCUT2D eigenvalue weighted by molar-refractivity contribution is 0.287. The van der Waals surface area contributed by atoms with Crippen molar-refractivity contribution in [3.63, 3.8) is 0 Å².